The van der Waals surface area contributed by atoms with Crippen molar-refractivity contribution in [1.82, 2.24) is 0 Å². The van der Waals surface area contributed by atoms with Crippen molar-refractivity contribution in [3.63, 3.8) is 0 Å². The van der Waals surface area contributed by atoms with E-state index in [1.165, 1.54) is 0 Å². The molecule has 0 atom stereocenters. The molecule has 15 heteroatoms. The Bertz CT molecular complexity index is 37.0. The van der Waals surface area contributed by atoms with Gasteiger partial charge in [0.25, 0.3) is 0 Å². The maximum Gasteiger partial charge on any atom is 3.00 e. The molecule has 0 aromatic carbocycles. The summed E-state index contributed by atoms with van der Waals surface area (Å²) in [5.74, 6) is 0. The number of hydrogen-bond donors (Lipinski definition) is 0. The van der Waals surface area contributed by atoms with Crippen molar-refractivity contribution in [3.8, 4) is 0 Å². The standard InChI is InChI=1S/2Al.2Co.2Cr.2Ni.5O.2Y/q;;;;;;2*+2;5*-2;2*+3. The topological polar surface area (TPSA) is 142 Å². The van der Waals surface area contributed by atoms with Crippen molar-refractivity contribution in [2.45, 2.75) is 0 Å². The fraction of sp³-hybridized carbons (Fsp3) is 0. The van der Waals surface area contributed by atoms with Gasteiger partial charge in [-0.05, 0) is 0 Å². The van der Waals surface area contributed by atoms with Gasteiger partial charge in [0.2, 0.25) is 0 Å². The fourth-order valence-corrected chi connectivity index (χ4v) is 0. The van der Waals surface area contributed by atoms with Crippen LogP contribution in [-0.4, -0.2) is 34.7 Å². The minimum atomic E-state index is 0. The van der Waals surface area contributed by atoms with E-state index >= 15 is 0 Å². The number of hydrogen-bond acceptors (Lipinski definition) is 0. The van der Waals surface area contributed by atoms with E-state index in [-0.39, 0.29) is 229 Å². The van der Waals surface area contributed by atoms with E-state index < -0.39 is 0 Å². The molecule has 0 bridgehead atoms. The third-order valence-electron chi connectivity index (χ3n) is 0. The van der Waals surface area contributed by atoms with Crippen LogP contribution in [0.3, 0.4) is 0 Å². The molecule has 5 nitrogen and oxygen atoms in total. The van der Waals surface area contributed by atoms with Crippen molar-refractivity contribution in [2.75, 3.05) is 0 Å². The molecule has 0 aromatic rings. The molecule has 0 unspecified atom stereocenters. The Kier molecular flexibility index (Phi) is 2970. The molecular weight excluding hydrogens is 651 g/mol. The Morgan fingerprint density at radius 2 is 0.400 bits per heavy atom. The summed E-state index contributed by atoms with van der Waals surface area (Å²) in [5, 5.41) is 0. The molecule has 8 radical (unpaired) electrons. The van der Waals surface area contributed by atoms with Crippen LogP contribution in [0.4, 0.5) is 0 Å². The molecule has 0 aromatic heterocycles. The summed E-state index contributed by atoms with van der Waals surface area (Å²) in [4.78, 5) is 0. The molecular formula is Al2Co2Cr2Ni2O5Y2. The largest absolute Gasteiger partial charge is 3.00 e. The van der Waals surface area contributed by atoms with Crippen LogP contribution in [0.15, 0.2) is 0 Å². The Balaban J connectivity index is 0. The molecule has 15 heavy (non-hydrogen) atoms. The second kappa shape index (κ2) is 196. The Morgan fingerprint density at radius 3 is 0.400 bits per heavy atom. The van der Waals surface area contributed by atoms with Gasteiger partial charge in [-0.1, -0.05) is 0 Å². The molecule has 0 saturated heterocycles. The molecule has 0 heterocycles. The smallest absolute Gasteiger partial charge is 2.00 e. The Hall–Kier alpha value is 6.14. The zero-order valence-corrected chi connectivity index (χ0v) is 21.1. The monoisotopic (exact) mass is 649 g/mol. The molecule has 0 aliphatic heterocycles. The van der Waals surface area contributed by atoms with Crippen LogP contribution in [-0.2, 0) is 194 Å². The van der Waals surface area contributed by atoms with Gasteiger partial charge < -0.3 is 27.4 Å². The van der Waals surface area contributed by atoms with Gasteiger partial charge >= 0.3 is 98.4 Å². The van der Waals surface area contributed by atoms with E-state index in [4.69, 9.17) is 0 Å². The van der Waals surface area contributed by atoms with Gasteiger partial charge in [-0.15, -0.1) is 0 Å². The first-order valence-corrected chi connectivity index (χ1v) is 0. The van der Waals surface area contributed by atoms with Crippen molar-refractivity contribution in [2.24, 2.45) is 0 Å². The van der Waals surface area contributed by atoms with Crippen molar-refractivity contribution in [3.05, 3.63) is 0 Å². The first-order chi connectivity index (χ1) is 0. The Morgan fingerprint density at radius 1 is 0.400 bits per heavy atom. The van der Waals surface area contributed by atoms with Crippen LogP contribution in [0.25, 0.3) is 0 Å². The molecule has 0 N–H and O–H groups in total. The quantitative estimate of drug-likeness (QED) is 0.285. The van der Waals surface area contributed by atoms with Crippen LogP contribution in [0.2, 0.25) is 0 Å². The van der Waals surface area contributed by atoms with Crippen LogP contribution in [0.1, 0.15) is 0 Å². The van der Waals surface area contributed by atoms with E-state index in [1.807, 2.05) is 0 Å². The van der Waals surface area contributed by atoms with E-state index in [1.54, 1.807) is 0 Å². The zero-order valence-electron chi connectivity index (χ0n) is 6.47. The van der Waals surface area contributed by atoms with Gasteiger partial charge in [-0.2, -0.15) is 0 Å². The first-order valence-electron chi connectivity index (χ1n) is 0. The minimum absolute atomic E-state index is 0. The number of rotatable bonds is 0. The second-order valence-electron chi connectivity index (χ2n) is 0. The summed E-state index contributed by atoms with van der Waals surface area (Å²) < 4.78 is 0. The van der Waals surface area contributed by atoms with Crippen molar-refractivity contribution < 1.29 is 194 Å². The van der Waals surface area contributed by atoms with Crippen LogP contribution in [0, 0.1) is 0 Å². The maximum atomic E-state index is 0. The van der Waals surface area contributed by atoms with E-state index in [9.17, 15) is 0 Å². The van der Waals surface area contributed by atoms with Gasteiger partial charge in [0.05, 0.1) is 0 Å². The van der Waals surface area contributed by atoms with Gasteiger partial charge in [-0.3, -0.25) is 0 Å². The summed E-state index contributed by atoms with van der Waals surface area (Å²) >= 11 is 0. The minimum Gasteiger partial charge on any atom is -2.00 e. The van der Waals surface area contributed by atoms with Crippen LogP contribution >= 0.6 is 0 Å². The van der Waals surface area contributed by atoms with E-state index in [2.05, 4.69) is 0 Å². The summed E-state index contributed by atoms with van der Waals surface area (Å²) in [6.07, 6.45) is 0. The predicted octanol–water partition coefficient (Wildman–Crippen LogP) is -1.38. The van der Waals surface area contributed by atoms with Gasteiger partial charge in [0, 0.05) is 103 Å². The molecule has 0 saturated carbocycles. The Labute approximate surface area is 224 Å². The summed E-state index contributed by atoms with van der Waals surface area (Å²) in [6.45, 7) is 0. The van der Waals surface area contributed by atoms with Gasteiger partial charge in [0.1, 0.15) is 0 Å². The SMILES string of the molecule is [Al].[Al].[Co].[Co].[Cr].[Cr].[Ni+2].[Ni+2].[O-2].[O-2].[O-2].[O-2].[O-2].[Y+3].[Y+3]. The molecule has 0 aliphatic carbocycles. The van der Waals surface area contributed by atoms with Crippen LogP contribution in [0.5, 0.6) is 0 Å². The molecule has 0 spiro atoms. The third-order valence-corrected chi connectivity index (χ3v) is 0. The zero-order chi connectivity index (χ0) is 0. The predicted molar refractivity (Wildman–Crippen MR) is 14.9 cm³/mol. The summed E-state index contributed by atoms with van der Waals surface area (Å²) in [5.41, 5.74) is 0. The maximum absolute atomic E-state index is 0. The fourth-order valence-electron chi connectivity index (χ4n) is 0. The van der Waals surface area contributed by atoms with Crippen molar-refractivity contribution in [1.29, 1.82) is 0 Å². The first kappa shape index (κ1) is 228. The van der Waals surface area contributed by atoms with Gasteiger partial charge in [-0.25, -0.2) is 0 Å². The van der Waals surface area contributed by atoms with Crippen molar-refractivity contribution >= 4 is 34.7 Å². The van der Waals surface area contributed by atoms with E-state index in [0.29, 0.717) is 0 Å². The van der Waals surface area contributed by atoms with Gasteiger partial charge in [0.15, 0.2) is 0 Å². The average Bonchev–Trinajstić information content (AvgIpc) is 0. The summed E-state index contributed by atoms with van der Waals surface area (Å²) in [6, 6.07) is 0. The summed E-state index contributed by atoms with van der Waals surface area (Å²) in [7, 11) is 0. The molecule has 0 amide bonds. The molecule has 0 fully saturated rings. The average molecular weight is 651 g/mol. The third kappa shape index (κ3) is 176. The molecule has 0 rings (SSSR count). The normalized spacial score (nSPS) is 0. The van der Waals surface area contributed by atoms with Crippen LogP contribution < -0.4 is 0 Å². The molecule has 0 aliphatic rings. The van der Waals surface area contributed by atoms with E-state index in [0.717, 1.165) is 0 Å². The molecule has 92 valence electrons. The second-order valence-corrected chi connectivity index (χ2v) is 0.